The topological polar surface area (TPSA) is 21.3 Å². The monoisotopic (exact) mass is 317 g/mol. The maximum absolute atomic E-state index is 12.3. The summed E-state index contributed by atoms with van der Waals surface area (Å²) in [7, 11) is 0. The Morgan fingerprint density at radius 3 is 2.85 bits per heavy atom. The molecule has 1 aromatic carbocycles. The Kier molecular flexibility index (Phi) is 5.76. The van der Waals surface area contributed by atoms with E-state index in [0.717, 1.165) is 13.0 Å². The van der Waals surface area contributed by atoms with Gasteiger partial charge in [0.1, 0.15) is 5.75 Å². The van der Waals surface area contributed by atoms with Gasteiger partial charge in [-0.3, -0.25) is 0 Å². The van der Waals surface area contributed by atoms with Crippen molar-refractivity contribution in [3.63, 3.8) is 0 Å². The van der Waals surface area contributed by atoms with Gasteiger partial charge in [0.2, 0.25) is 0 Å². The molecule has 0 unspecified atom stereocenters. The van der Waals surface area contributed by atoms with E-state index >= 15 is 0 Å². The molecule has 0 amide bonds. The van der Waals surface area contributed by atoms with Crippen LogP contribution in [0, 0.1) is 0 Å². The normalized spacial score (nSPS) is 11.0. The number of halogens is 3. The second-order valence-corrected chi connectivity index (χ2v) is 5.61. The van der Waals surface area contributed by atoms with Crippen LogP contribution in [0.25, 0.3) is 0 Å². The molecule has 0 saturated carbocycles. The van der Waals surface area contributed by atoms with E-state index in [1.807, 2.05) is 11.4 Å². The quantitative estimate of drug-likeness (QED) is 0.767. The first-order chi connectivity index (χ1) is 9.65. The lowest BCUT2D eigenvalue weighted by Gasteiger charge is -2.11. The smallest absolute Gasteiger partial charge is 0.387 e. The first kappa shape index (κ1) is 15.2. The first-order valence-corrected chi connectivity index (χ1v) is 7.37. The van der Waals surface area contributed by atoms with Gasteiger partial charge in [-0.05, 0) is 36.1 Å². The van der Waals surface area contributed by atoms with Crippen molar-refractivity contribution in [2.24, 2.45) is 0 Å². The Morgan fingerprint density at radius 1 is 1.30 bits per heavy atom. The summed E-state index contributed by atoms with van der Waals surface area (Å²) in [4.78, 5) is 1.28. The van der Waals surface area contributed by atoms with Crippen LogP contribution in [0.5, 0.6) is 5.75 Å². The molecule has 1 N–H and O–H groups in total. The molecule has 0 radical (unpaired) electrons. The zero-order chi connectivity index (χ0) is 14.4. The Balaban J connectivity index is 1.88. The third-order valence-corrected chi connectivity index (χ3v) is 3.85. The maximum Gasteiger partial charge on any atom is 0.387 e. The SMILES string of the molecule is FC(F)Oc1ccc(Cl)cc1CNCCc1cccs1. The van der Waals surface area contributed by atoms with Gasteiger partial charge < -0.3 is 10.1 Å². The molecule has 2 nitrogen and oxygen atoms in total. The van der Waals surface area contributed by atoms with Gasteiger partial charge in [-0.15, -0.1) is 11.3 Å². The molecule has 1 aromatic heterocycles. The third kappa shape index (κ3) is 4.74. The fourth-order valence-electron chi connectivity index (χ4n) is 1.79. The maximum atomic E-state index is 12.3. The van der Waals surface area contributed by atoms with Crippen molar-refractivity contribution in [1.82, 2.24) is 5.32 Å². The minimum atomic E-state index is -2.83. The number of ether oxygens (including phenoxy) is 1. The highest BCUT2D eigenvalue weighted by atomic mass is 35.5. The standard InChI is InChI=1S/C14H14ClF2NOS/c15-11-3-4-13(19-14(16)17)10(8-11)9-18-6-5-12-2-1-7-20-12/h1-4,7-8,14,18H,5-6,9H2. The second-order valence-electron chi connectivity index (χ2n) is 4.14. The Bertz CT molecular complexity index is 534. The van der Waals surface area contributed by atoms with E-state index in [2.05, 4.69) is 16.1 Å². The molecule has 108 valence electrons. The van der Waals surface area contributed by atoms with Crippen LogP contribution < -0.4 is 10.1 Å². The Labute approximate surface area is 125 Å². The summed E-state index contributed by atoms with van der Waals surface area (Å²) >= 11 is 7.58. The van der Waals surface area contributed by atoms with E-state index in [9.17, 15) is 8.78 Å². The lowest BCUT2D eigenvalue weighted by atomic mass is 10.2. The number of benzene rings is 1. The van der Waals surface area contributed by atoms with Gasteiger partial charge in [0.05, 0.1) is 0 Å². The van der Waals surface area contributed by atoms with Crippen LogP contribution in [0.3, 0.4) is 0 Å². The molecule has 0 atom stereocenters. The largest absolute Gasteiger partial charge is 0.434 e. The first-order valence-electron chi connectivity index (χ1n) is 6.11. The molecule has 0 saturated heterocycles. The molecule has 0 aliphatic carbocycles. The van der Waals surface area contributed by atoms with E-state index in [1.165, 1.54) is 17.0 Å². The van der Waals surface area contributed by atoms with Gasteiger partial charge in [-0.2, -0.15) is 8.78 Å². The molecule has 0 fully saturated rings. The van der Waals surface area contributed by atoms with Crippen LogP contribution >= 0.6 is 22.9 Å². The highest BCUT2D eigenvalue weighted by Crippen LogP contribution is 2.24. The van der Waals surface area contributed by atoms with Gasteiger partial charge in [0.15, 0.2) is 0 Å². The molecular weight excluding hydrogens is 304 g/mol. The van der Waals surface area contributed by atoms with Crippen LogP contribution in [-0.2, 0) is 13.0 Å². The van der Waals surface area contributed by atoms with Crippen molar-refractivity contribution >= 4 is 22.9 Å². The van der Waals surface area contributed by atoms with Crippen LogP contribution in [-0.4, -0.2) is 13.2 Å². The van der Waals surface area contributed by atoms with Crippen molar-refractivity contribution in [1.29, 1.82) is 0 Å². The molecule has 1 heterocycles. The number of alkyl halides is 2. The van der Waals surface area contributed by atoms with E-state index in [0.29, 0.717) is 17.1 Å². The highest BCUT2D eigenvalue weighted by molar-refractivity contribution is 7.09. The number of hydrogen-bond donors (Lipinski definition) is 1. The molecule has 0 aliphatic rings. The summed E-state index contributed by atoms with van der Waals surface area (Å²) in [5.41, 5.74) is 0.629. The second kappa shape index (κ2) is 7.57. The summed E-state index contributed by atoms with van der Waals surface area (Å²) in [6.07, 6.45) is 0.906. The fraction of sp³-hybridized carbons (Fsp3) is 0.286. The molecule has 0 aliphatic heterocycles. The molecule has 6 heteroatoms. The zero-order valence-corrected chi connectivity index (χ0v) is 12.2. The van der Waals surface area contributed by atoms with E-state index in [-0.39, 0.29) is 5.75 Å². The predicted molar refractivity (Wildman–Crippen MR) is 77.8 cm³/mol. The summed E-state index contributed by atoms with van der Waals surface area (Å²) < 4.78 is 29.1. The van der Waals surface area contributed by atoms with Crippen LogP contribution in [0.4, 0.5) is 8.78 Å². The number of rotatable bonds is 7. The summed E-state index contributed by atoms with van der Waals surface area (Å²) in [6, 6.07) is 8.71. The van der Waals surface area contributed by atoms with Gasteiger partial charge in [-0.25, -0.2) is 0 Å². The molecule has 2 aromatic rings. The molecule has 0 bridgehead atoms. The number of nitrogens with one attached hydrogen (secondary N) is 1. The van der Waals surface area contributed by atoms with Gasteiger partial charge in [-0.1, -0.05) is 17.7 Å². The van der Waals surface area contributed by atoms with Crippen molar-refractivity contribution < 1.29 is 13.5 Å². The minimum absolute atomic E-state index is 0.160. The van der Waals surface area contributed by atoms with Crippen LogP contribution in [0.15, 0.2) is 35.7 Å². The molecular formula is C14H14ClF2NOS. The Morgan fingerprint density at radius 2 is 2.15 bits per heavy atom. The van der Waals surface area contributed by atoms with E-state index < -0.39 is 6.61 Å². The lowest BCUT2D eigenvalue weighted by Crippen LogP contribution is -2.17. The summed E-state index contributed by atoms with van der Waals surface area (Å²) in [6.45, 7) is -1.63. The highest BCUT2D eigenvalue weighted by Gasteiger charge is 2.10. The van der Waals surface area contributed by atoms with Gasteiger partial charge >= 0.3 is 6.61 Å². The zero-order valence-electron chi connectivity index (χ0n) is 10.6. The van der Waals surface area contributed by atoms with Crippen molar-refractivity contribution in [3.8, 4) is 5.75 Å². The molecule has 20 heavy (non-hydrogen) atoms. The number of hydrogen-bond acceptors (Lipinski definition) is 3. The van der Waals surface area contributed by atoms with E-state index in [4.69, 9.17) is 11.6 Å². The Hall–Kier alpha value is -1.17. The van der Waals surface area contributed by atoms with Gasteiger partial charge in [0, 0.05) is 28.6 Å². The summed E-state index contributed by atoms with van der Waals surface area (Å²) in [5.74, 6) is 0.160. The van der Waals surface area contributed by atoms with Crippen molar-refractivity contribution in [3.05, 3.63) is 51.2 Å². The van der Waals surface area contributed by atoms with Crippen LogP contribution in [0.2, 0.25) is 5.02 Å². The molecule has 0 spiro atoms. The van der Waals surface area contributed by atoms with Crippen LogP contribution in [0.1, 0.15) is 10.4 Å². The summed E-state index contributed by atoms with van der Waals surface area (Å²) in [5, 5.41) is 5.73. The predicted octanol–water partition coefficient (Wildman–Crippen LogP) is 4.34. The van der Waals surface area contributed by atoms with Crippen molar-refractivity contribution in [2.75, 3.05) is 6.54 Å². The number of thiophene rings is 1. The average Bonchev–Trinajstić information content (AvgIpc) is 2.90. The molecule has 2 rings (SSSR count). The average molecular weight is 318 g/mol. The third-order valence-electron chi connectivity index (χ3n) is 2.68. The van der Waals surface area contributed by atoms with Crippen molar-refractivity contribution in [2.45, 2.75) is 19.6 Å². The minimum Gasteiger partial charge on any atom is -0.434 e. The van der Waals surface area contributed by atoms with E-state index in [1.54, 1.807) is 17.4 Å². The fourth-order valence-corrected chi connectivity index (χ4v) is 2.69. The van der Waals surface area contributed by atoms with Gasteiger partial charge in [0.25, 0.3) is 0 Å². The lowest BCUT2D eigenvalue weighted by molar-refractivity contribution is -0.0504.